The molecule has 0 aliphatic rings. The number of hydrogen-bond acceptors (Lipinski definition) is 5. The Labute approximate surface area is 132 Å². The number of nitro benzene ring substituents is 2. The lowest BCUT2D eigenvalue weighted by atomic mass is 10.1. The SMILES string of the molecule is O=C(Nc1cc(Cl)ccc1F)c1cc([N+](=O)[O-])cc([N+](=O)[O-])c1. The predicted molar refractivity (Wildman–Crippen MR) is 79.1 cm³/mol. The predicted octanol–water partition coefficient (Wildman–Crippen LogP) is 3.55. The summed E-state index contributed by atoms with van der Waals surface area (Å²) in [5, 5.41) is 23.9. The van der Waals surface area contributed by atoms with Gasteiger partial charge in [0, 0.05) is 17.2 Å². The van der Waals surface area contributed by atoms with Crippen molar-refractivity contribution in [3.63, 3.8) is 0 Å². The maximum Gasteiger partial charge on any atom is 0.277 e. The lowest BCUT2D eigenvalue weighted by molar-refractivity contribution is -0.394. The molecule has 0 radical (unpaired) electrons. The molecule has 118 valence electrons. The molecule has 2 aromatic carbocycles. The first-order valence-electron chi connectivity index (χ1n) is 5.98. The van der Waals surface area contributed by atoms with Crippen LogP contribution in [-0.4, -0.2) is 15.8 Å². The molecule has 0 aliphatic carbocycles. The molecule has 0 atom stereocenters. The van der Waals surface area contributed by atoms with E-state index in [1.54, 1.807) is 0 Å². The van der Waals surface area contributed by atoms with Crippen molar-refractivity contribution in [2.45, 2.75) is 0 Å². The summed E-state index contributed by atoms with van der Waals surface area (Å²) in [5.41, 5.74) is -1.87. The van der Waals surface area contributed by atoms with Crippen LogP contribution in [0.4, 0.5) is 21.5 Å². The molecule has 0 aliphatic heterocycles. The summed E-state index contributed by atoms with van der Waals surface area (Å²) in [7, 11) is 0. The number of hydrogen-bond donors (Lipinski definition) is 1. The number of anilines is 1. The van der Waals surface area contributed by atoms with Gasteiger partial charge in [0.25, 0.3) is 17.3 Å². The van der Waals surface area contributed by atoms with Gasteiger partial charge >= 0.3 is 0 Å². The van der Waals surface area contributed by atoms with Crippen LogP contribution in [0.15, 0.2) is 36.4 Å². The minimum atomic E-state index is -0.946. The Morgan fingerprint density at radius 3 is 2.13 bits per heavy atom. The highest BCUT2D eigenvalue weighted by molar-refractivity contribution is 6.31. The largest absolute Gasteiger partial charge is 0.319 e. The van der Waals surface area contributed by atoms with Gasteiger partial charge in [-0.2, -0.15) is 0 Å². The first-order valence-corrected chi connectivity index (χ1v) is 6.36. The molecule has 10 heteroatoms. The van der Waals surface area contributed by atoms with Crippen LogP contribution in [0.2, 0.25) is 5.02 Å². The van der Waals surface area contributed by atoms with Gasteiger partial charge in [0.2, 0.25) is 0 Å². The molecule has 2 aromatic rings. The van der Waals surface area contributed by atoms with Crippen LogP contribution in [0.1, 0.15) is 10.4 Å². The van der Waals surface area contributed by atoms with E-state index in [4.69, 9.17) is 11.6 Å². The number of carbonyl (C=O) groups is 1. The molecule has 0 unspecified atom stereocenters. The second-order valence-corrected chi connectivity index (χ2v) is 4.77. The van der Waals surface area contributed by atoms with Crippen LogP contribution in [0.25, 0.3) is 0 Å². The van der Waals surface area contributed by atoms with Crippen molar-refractivity contribution in [1.29, 1.82) is 0 Å². The molecule has 2 rings (SSSR count). The van der Waals surface area contributed by atoms with E-state index in [2.05, 4.69) is 5.32 Å². The van der Waals surface area contributed by atoms with Gasteiger partial charge in [-0.1, -0.05) is 11.6 Å². The third-order valence-electron chi connectivity index (χ3n) is 2.76. The molecule has 0 heterocycles. The van der Waals surface area contributed by atoms with Gasteiger partial charge in [-0.3, -0.25) is 25.0 Å². The average molecular weight is 340 g/mol. The van der Waals surface area contributed by atoms with Crippen LogP contribution in [0, 0.1) is 26.0 Å². The molecule has 23 heavy (non-hydrogen) atoms. The lowest BCUT2D eigenvalue weighted by Gasteiger charge is -2.07. The van der Waals surface area contributed by atoms with Crippen LogP contribution in [0.3, 0.4) is 0 Å². The van der Waals surface area contributed by atoms with E-state index in [1.807, 2.05) is 0 Å². The second-order valence-electron chi connectivity index (χ2n) is 4.33. The fourth-order valence-corrected chi connectivity index (χ4v) is 1.90. The summed E-state index contributed by atoms with van der Waals surface area (Å²) >= 11 is 5.68. The third-order valence-corrected chi connectivity index (χ3v) is 3.00. The Kier molecular flexibility index (Phi) is 4.51. The van der Waals surface area contributed by atoms with Gasteiger partial charge < -0.3 is 5.32 Å². The van der Waals surface area contributed by atoms with Gasteiger partial charge in [-0.15, -0.1) is 0 Å². The molecule has 0 bridgehead atoms. The minimum Gasteiger partial charge on any atom is -0.319 e. The van der Waals surface area contributed by atoms with E-state index in [0.29, 0.717) is 0 Å². The van der Waals surface area contributed by atoms with Gasteiger partial charge in [-0.25, -0.2) is 4.39 Å². The molecular weight excluding hydrogens is 333 g/mol. The quantitative estimate of drug-likeness (QED) is 0.675. The highest BCUT2D eigenvalue weighted by Gasteiger charge is 2.20. The third kappa shape index (κ3) is 3.77. The number of nitro groups is 2. The number of benzene rings is 2. The molecule has 0 spiro atoms. The van der Waals surface area contributed by atoms with Crippen molar-refractivity contribution < 1.29 is 19.0 Å². The van der Waals surface area contributed by atoms with E-state index < -0.39 is 32.9 Å². The van der Waals surface area contributed by atoms with Crippen LogP contribution in [-0.2, 0) is 0 Å². The Morgan fingerprint density at radius 1 is 1.04 bits per heavy atom. The summed E-state index contributed by atoms with van der Waals surface area (Å²) in [5.74, 6) is -1.72. The van der Waals surface area contributed by atoms with Crippen molar-refractivity contribution in [1.82, 2.24) is 0 Å². The van der Waals surface area contributed by atoms with E-state index in [0.717, 1.165) is 30.3 Å². The molecule has 0 saturated heterocycles. The van der Waals surface area contributed by atoms with Gasteiger partial charge in [0.1, 0.15) is 5.82 Å². The van der Waals surface area contributed by atoms with Crippen molar-refractivity contribution in [3.8, 4) is 0 Å². The standard InChI is InChI=1S/C13H7ClFN3O5/c14-8-1-2-11(15)12(5-8)16-13(19)7-3-9(17(20)21)6-10(4-7)18(22)23/h1-6H,(H,16,19). The smallest absolute Gasteiger partial charge is 0.277 e. The average Bonchev–Trinajstić information content (AvgIpc) is 2.50. The van der Waals surface area contributed by atoms with Crippen LogP contribution in [0.5, 0.6) is 0 Å². The van der Waals surface area contributed by atoms with E-state index in [1.165, 1.54) is 6.07 Å². The molecular formula is C13H7ClFN3O5. The number of carbonyl (C=O) groups excluding carboxylic acids is 1. The van der Waals surface area contributed by atoms with E-state index >= 15 is 0 Å². The fraction of sp³-hybridized carbons (Fsp3) is 0. The van der Waals surface area contributed by atoms with Gasteiger partial charge in [0.15, 0.2) is 0 Å². The highest BCUT2D eigenvalue weighted by atomic mass is 35.5. The van der Waals surface area contributed by atoms with Gasteiger partial charge in [-0.05, 0) is 18.2 Å². The van der Waals surface area contributed by atoms with E-state index in [-0.39, 0.29) is 16.3 Å². The maximum atomic E-state index is 13.6. The Hall–Kier alpha value is -3.07. The molecule has 0 aromatic heterocycles. The Morgan fingerprint density at radius 2 is 1.61 bits per heavy atom. The zero-order valence-electron chi connectivity index (χ0n) is 11.2. The summed E-state index contributed by atoms with van der Waals surface area (Å²) in [4.78, 5) is 31.9. The highest BCUT2D eigenvalue weighted by Crippen LogP contribution is 2.25. The first kappa shape index (κ1) is 16.3. The lowest BCUT2D eigenvalue weighted by Crippen LogP contribution is -2.13. The molecule has 8 nitrogen and oxygen atoms in total. The van der Waals surface area contributed by atoms with E-state index in [9.17, 15) is 29.4 Å². The first-order chi connectivity index (χ1) is 10.8. The topological polar surface area (TPSA) is 115 Å². The Balaban J connectivity index is 2.40. The van der Waals surface area contributed by atoms with Crippen molar-refractivity contribution in [3.05, 3.63) is 73.0 Å². The number of rotatable bonds is 4. The number of non-ortho nitro benzene ring substituents is 2. The Bertz CT molecular complexity index is 795. The van der Waals surface area contributed by atoms with Crippen LogP contribution >= 0.6 is 11.6 Å². The second kappa shape index (κ2) is 6.36. The minimum absolute atomic E-state index is 0.159. The molecule has 0 fully saturated rings. The molecule has 1 N–H and O–H groups in total. The summed E-state index contributed by atoms with van der Waals surface area (Å²) in [6.07, 6.45) is 0. The summed E-state index contributed by atoms with van der Waals surface area (Å²) in [6.45, 7) is 0. The van der Waals surface area contributed by atoms with Crippen molar-refractivity contribution >= 4 is 34.6 Å². The zero-order chi connectivity index (χ0) is 17.1. The number of halogens is 2. The number of nitrogens with zero attached hydrogens (tertiary/aromatic N) is 2. The number of amides is 1. The summed E-state index contributed by atoms with van der Waals surface area (Å²) in [6, 6.07) is 5.85. The molecule has 1 amide bonds. The van der Waals surface area contributed by atoms with Crippen molar-refractivity contribution in [2.75, 3.05) is 5.32 Å². The number of nitrogens with one attached hydrogen (secondary N) is 1. The monoisotopic (exact) mass is 339 g/mol. The zero-order valence-corrected chi connectivity index (χ0v) is 11.9. The summed E-state index contributed by atoms with van der Waals surface area (Å²) < 4.78 is 13.6. The normalized spacial score (nSPS) is 10.2. The maximum absolute atomic E-state index is 13.6. The van der Waals surface area contributed by atoms with Crippen molar-refractivity contribution in [2.24, 2.45) is 0 Å². The molecule has 0 saturated carbocycles. The fourth-order valence-electron chi connectivity index (χ4n) is 1.72. The van der Waals surface area contributed by atoms with Crippen LogP contribution < -0.4 is 5.32 Å². The van der Waals surface area contributed by atoms with Gasteiger partial charge in [0.05, 0.1) is 27.2 Å².